The zero-order chi connectivity index (χ0) is 13.4. The Hall–Kier alpha value is -1.88. The third-order valence-corrected chi connectivity index (χ3v) is 3.13. The fraction of sp³-hybridized carbons (Fsp3) is 0.250. The summed E-state index contributed by atoms with van der Waals surface area (Å²) in [5.74, 6) is -2.26. The summed E-state index contributed by atoms with van der Waals surface area (Å²) in [6.07, 6.45) is 0.118. The van der Waals surface area contributed by atoms with Crippen molar-refractivity contribution in [1.82, 2.24) is 0 Å². The van der Waals surface area contributed by atoms with Crippen LogP contribution in [0.2, 0.25) is 5.02 Å². The van der Waals surface area contributed by atoms with Crippen LogP contribution in [0, 0.1) is 5.92 Å². The van der Waals surface area contributed by atoms with E-state index in [1.54, 1.807) is 6.92 Å². The van der Waals surface area contributed by atoms with E-state index in [4.69, 9.17) is 16.7 Å². The van der Waals surface area contributed by atoms with Gasteiger partial charge in [-0.15, -0.1) is 0 Å². The number of carboxylic acid groups (broad SMARTS) is 1. The smallest absolute Gasteiger partial charge is 0.335 e. The molecule has 2 amide bonds. The van der Waals surface area contributed by atoms with E-state index < -0.39 is 11.9 Å². The molecule has 1 unspecified atom stereocenters. The first-order chi connectivity index (χ1) is 8.41. The van der Waals surface area contributed by atoms with Crippen molar-refractivity contribution in [3.8, 4) is 0 Å². The minimum absolute atomic E-state index is 0.0189. The van der Waals surface area contributed by atoms with Crippen LogP contribution in [0.15, 0.2) is 18.2 Å². The van der Waals surface area contributed by atoms with Gasteiger partial charge in [0.15, 0.2) is 0 Å². The summed E-state index contributed by atoms with van der Waals surface area (Å²) in [7, 11) is 0. The number of imide groups is 1. The van der Waals surface area contributed by atoms with Gasteiger partial charge in [0.05, 0.1) is 16.3 Å². The van der Waals surface area contributed by atoms with Crippen LogP contribution in [-0.2, 0) is 9.59 Å². The summed E-state index contributed by atoms with van der Waals surface area (Å²) in [5, 5.41) is 9.07. The van der Waals surface area contributed by atoms with E-state index in [9.17, 15) is 14.4 Å². The number of nitrogens with zero attached hydrogens (tertiary/aromatic N) is 1. The number of hydrogen-bond donors (Lipinski definition) is 1. The molecule has 1 N–H and O–H groups in total. The number of aromatic carboxylic acids is 1. The number of anilines is 1. The van der Waals surface area contributed by atoms with Crippen LogP contribution in [0.3, 0.4) is 0 Å². The molecule has 18 heavy (non-hydrogen) atoms. The van der Waals surface area contributed by atoms with Crippen molar-refractivity contribution >= 4 is 35.1 Å². The van der Waals surface area contributed by atoms with E-state index in [1.165, 1.54) is 18.2 Å². The maximum Gasteiger partial charge on any atom is 0.335 e. The Labute approximate surface area is 108 Å². The van der Waals surface area contributed by atoms with Crippen LogP contribution < -0.4 is 4.90 Å². The molecule has 1 aliphatic rings. The molecule has 1 atom stereocenters. The van der Waals surface area contributed by atoms with Crippen LogP contribution in [0.25, 0.3) is 0 Å². The van der Waals surface area contributed by atoms with Crippen LogP contribution >= 0.6 is 11.6 Å². The van der Waals surface area contributed by atoms with Gasteiger partial charge in [0.1, 0.15) is 0 Å². The van der Waals surface area contributed by atoms with Crippen molar-refractivity contribution in [2.45, 2.75) is 13.3 Å². The Kier molecular flexibility index (Phi) is 3.09. The average Bonchev–Trinajstić information content (AvgIpc) is 2.54. The van der Waals surface area contributed by atoms with E-state index in [2.05, 4.69) is 0 Å². The van der Waals surface area contributed by atoms with E-state index in [1.807, 2.05) is 0 Å². The molecule has 0 bridgehead atoms. The lowest BCUT2D eigenvalue weighted by Crippen LogP contribution is -2.30. The highest BCUT2D eigenvalue weighted by atomic mass is 35.5. The van der Waals surface area contributed by atoms with Gasteiger partial charge in [-0.3, -0.25) is 9.59 Å². The highest BCUT2D eigenvalue weighted by Gasteiger charge is 2.37. The number of carbonyl (C=O) groups is 3. The maximum atomic E-state index is 11.8. The number of amides is 2. The number of carbonyl (C=O) groups excluding carboxylic acids is 2. The van der Waals surface area contributed by atoms with E-state index in [0.29, 0.717) is 0 Å². The fourth-order valence-electron chi connectivity index (χ4n) is 1.85. The molecule has 5 nitrogen and oxygen atoms in total. The van der Waals surface area contributed by atoms with Gasteiger partial charge in [-0.25, -0.2) is 9.69 Å². The minimum atomic E-state index is -1.14. The maximum absolute atomic E-state index is 11.8. The Morgan fingerprint density at radius 3 is 2.61 bits per heavy atom. The summed E-state index contributed by atoms with van der Waals surface area (Å²) < 4.78 is 0. The molecule has 1 aliphatic heterocycles. The number of halogens is 1. The lowest BCUT2D eigenvalue weighted by molar-refractivity contribution is -0.122. The minimum Gasteiger partial charge on any atom is -0.478 e. The van der Waals surface area contributed by atoms with Crippen LogP contribution in [0.1, 0.15) is 23.7 Å². The van der Waals surface area contributed by atoms with Crippen LogP contribution in [0.4, 0.5) is 5.69 Å². The molecular formula is C12H10ClNO4. The molecule has 1 heterocycles. The number of hydrogen-bond acceptors (Lipinski definition) is 3. The molecular weight excluding hydrogens is 258 g/mol. The van der Waals surface area contributed by atoms with Gasteiger partial charge >= 0.3 is 5.97 Å². The summed E-state index contributed by atoms with van der Waals surface area (Å²) in [6.45, 7) is 1.65. The van der Waals surface area contributed by atoms with Gasteiger partial charge in [0, 0.05) is 12.3 Å². The standard InChI is InChI=1S/C12H10ClNO4/c1-6-4-10(15)14(11(6)16)9-5-7(12(17)18)2-3-8(9)13/h2-3,5-6H,4H2,1H3,(H,17,18). The topological polar surface area (TPSA) is 74.7 Å². The Bertz CT molecular complexity index is 555. The molecule has 6 heteroatoms. The van der Waals surface area contributed by atoms with Crippen molar-refractivity contribution in [1.29, 1.82) is 0 Å². The van der Waals surface area contributed by atoms with Gasteiger partial charge in [-0.2, -0.15) is 0 Å². The van der Waals surface area contributed by atoms with Crippen molar-refractivity contribution in [2.24, 2.45) is 5.92 Å². The Balaban J connectivity index is 2.50. The van der Waals surface area contributed by atoms with Gasteiger partial charge in [-0.1, -0.05) is 18.5 Å². The summed E-state index contributed by atoms with van der Waals surface area (Å²) in [6, 6.07) is 3.92. The predicted molar refractivity (Wildman–Crippen MR) is 64.7 cm³/mol. The summed E-state index contributed by atoms with van der Waals surface area (Å²) in [4.78, 5) is 35.4. The molecule has 2 rings (SSSR count). The number of rotatable bonds is 2. The highest BCUT2D eigenvalue weighted by molar-refractivity contribution is 6.36. The molecule has 0 radical (unpaired) electrons. The molecule has 0 saturated carbocycles. The third kappa shape index (κ3) is 1.97. The van der Waals surface area contributed by atoms with E-state index >= 15 is 0 Å². The molecule has 1 saturated heterocycles. The van der Waals surface area contributed by atoms with Crippen molar-refractivity contribution < 1.29 is 19.5 Å². The predicted octanol–water partition coefficient (Wildman–Crippen LogP) is 1.94. The second-order valence-corrected chi connectivity index (χ2v) is 4.55. The first-order valence-electron chi connectivity index (χ1n) is 5.31. The van der Waals surface area contributed by atoms with Crippen LogP contribution in [-0.4, -0.2) is 22.9 Å². The SMILES string of the molecule is CC1CC(=O)N(c2cc(C(=O)O)ccc2Cl)C1=O. The molecule has 1 aromatic rings. The fourth-order valence-corrected chi connectivity index (χ4v) is 2.06. The van der Waals surface area contributed by atoms with Crippen molar-refractivity contribution in [3.05, 3.63) is 28.8 Å². The highest BCUT2D eigenvalue weighted by Crippen LogP contribution is 2.32. The summed E-state index contributed by atoms with van der Waals surface area (Å²) >= 11 is 5.92. The number of benzene rings is 1. The molecule has 0 spiro atoms. The first-order valence-corrected chi connectivity index (χ1v) is 5.69. The zero-order valence-corrected chi connectivity index (χ0v) is 10.3. The molecule has 0 aromatic heterocycles. The third-order valence-electron chi connectivity index (χ3n) is 2.81. The van der Waals surface area contributed by atoms with Gasteiger partial charge in [-0.05, 0) is 18.2 Å². The average molecular weight is 268 g/mol. The first kappa shape index (κ1) is 12.6. The monoisotopic (exact) mass is 267 g/mol. The van der Waals surface area contributed by atoms with Gasteiger partial charge in [0.25, 0.3) is 0 Å². The molecule has 1 aromatic carbocycles. The molecule has 0 aliphatic carbocycles. The normalized spacial score (nSPS) is 19.4. The molecule has 1 fully saturated rings. The quantitative estimate of drug-likeness (QED) is 0.831. The van der Waals surface area contributed by atoms with Gasteiger partial charge in [0.2, 0.25) is 11.8 Å². The zero-order valence-electron chi connectivity index (χ0n) is 9.51. The number of carboxylic acids is 1. The molecule has 94 valence electrons. The lowest BCUT2D eigenvalue weighted by atomic mass is 10.1. The van der Waals surface area contributed by atoms with Crippen LogP contribution in [0.5, 0.6) is 0 Å². The van der Waals surface area contributed by atoms with E-state index in [-0.39, 0.29) is 34.5 Å². The Morgan fingerprint density at radius 2 is 2.11 bits per heavy atom. The summed E-state index contributed by atoms with van der Waals surface area (Å²) in [5.41, 5.74) is 0.116. The second-order valence-electron chi connectivity index (χ2n) is 4.14. The van der Waals surface area contributed by atoms with E-state index in [0.717, 1.165) is 4.90 Å². The Morgan fingerprint density at radius 1 is 1.44 bits per heavy atom. The van der Waals surface area contributed by atoms with Gasteiger partial charge < -0.3 is 5.11 Å². The van der Waals surface area contributed by atoms with Crippen molar-refractivity contribution in [3.63, 3.8) is 0 Å². The van der Waals surface area contributed by atoms with Crippen molar-refractivity contribution in [2.75, 3.05) is 4.90 Å². The largest absolute Gasteiger partial charge is 0.478 e. The second kappa shape index (κ2) is 4.42. The lowest BCUT2D eigenvalue weighted by Gasteiger charge is -2.16.